The topological polar surface area (TPSA) is 111 Å². The summed E-state index contributed by atoms with van der Waals surface area (Å²) in [4.78, 5) is 34.9. The molecule has 0 aliphatic carbocycles. The Morgan fingerprint density at radius 3 is 2.54 bits per heavy atom. The Bertz CT molecular complexity index is 918. The Hall–Kier alpha value is -2.97. The summed E-state index contributed by atoms with van der Waals surface area (Å²) in [5.74, 6) is -1.96. The first-order valence-electron chi connectivity index (χ1n) is 8.31. The molecule has 1 unspecified atom stereocenters. The van der Waals surface area contributed by atoms with Crippen LogP contribution in [0.1, 0.15) is 18.1 Å². The van der Waals surface area contributed by atoms with Gasteiger partial charge in [0.25, 0.3) is 5.69 Å². The molecule has 9 heteroatoms. The fourth-order valence-corrected chi connectivity index (χ4v) is 2.71. The normalized spacial score (nSPS) is 12.7. The maximum absolute atomic E-state index is 12.2. The molecule has 0 saturated carbocycles. The number of methoxy groups -OCH3 is 1. The number of nitrogens with zero attached hydrogens (tertiary/aromatic N) is 1. The molecule has 28 heavy (non-hydrogen) atoms. The van der Waals surface area contributed by atoms with E-state index in [-0.39, 0.29) is 17.9 Å². The standard InChI is InChI=1S/C19H20ClN3O5/c1-12-7-8-15(16(9-12)23(26)27)22-18(25)17(24)21-11-19(2,28-3)13-5-4-6-14(20)10-13/h4-10H,11H2,1-3H3,(H,21,24)(H,22,25). The fraction of sp³-hybridized carbons (Fsp3) is 0.263. The number of rotatable bonds is 6. The van der Waals surface area contributed by atoms with Gasteiger partial charge in [0.1, 0.15) is 11.3 Å². The van der Waals surface area contributed by atoms with Gasteiger partial charge in [0.05, 0.1) is 11.5 Å². The summed E-state index contributed by atoms with van der Waals surface area (Å²) in [5, 5.41) is 16.4. The second-order valence-corrected chi connectivity index (χ2v) is 6.80. The third-order valence-corrected chi connectivity index (χ3v) is 4.51. The highest BCUT2D eigenvalue weighted by Crippen LogP contribution is 2.27. The van der Waals surface area contributed by atoms with Crippen molar-refractivity contribution < 1.29 is 19.2 Å². The van der Waals surface area contributed by atoms with Gasteiger partial charge in [-0.1, -0.05) is 29.8 Å². The molecule has 148 valence electrons. The second kappa shape index (κ2) is 8.81. The highest BCUT2D eigenvalue weighted by Gasteiger charge is 2.29. The molecule has 0 spiro atoms. The molecule has 0 heterocycles. The van der Waals surface area contributed by atoms with Crippen molar-refractivity contribution in [2.45, 2.75) is 19.4 Å². The van der Waals surface area contributed by atoms with Crippen molar-refractivity contribution in [1.29, 1.82) is 0 Å². The number of nitro benzene ring substituents is 1. The second-order valence-electron chi connectivity index (χ2n) is 6.36. The first kappa shape index (κ1) is 21.3. The Kier molecular flexibility index (Phi) is 6.71. The van der Waals surface area contributed by atoms with Gasteiger partial charge in [-0.15, -0.1) is 0 Å². The Morgan fingerprint density at radius 2 is 1.93 bits per heavy atom. The number of halogens is 1. The van der Waals surface area contributed by atoms with Crippen molar-refractivity contribution in [1.82, 2.24) is 5.32 Å². The molecule has 0 aromatic heterocycles. The van der Waals surface area contributed by atoms with Crippen LogP contribution >= 0.6 is 11.6 Å². The maximum Gasteiger partial charge on any atom is 0.313 e. The van der Waals surface area contributed by atoms with Crippen LogP contribution in [-0.4, -0.2) is 30.4 Å². The van der Waals surface area contributed by atoms with E-state index in [0.29, 0.717) is 10.6 Å². The average Bonchev–Trinajstić information content (AvgIpc) is 2.66. The van der Waals surface area contributed by atoms with Crippen LogP contribution in [-0.2, 0) is 19.9 Å². The van der Waals surface area contributed by atoms with Crippen LogP contribution in [0, 0.1) is 17.0 Å². The number of amides is 2. The molecule has 0 saturated heterocycles. The Labute approximate surface area is 167 Å². The highest BCUT2D eigenvalue weighted by molar-refractivity contribution is 6.39. The van der Waals surface area contributed by atoms with E-state index in [0.717, 1.165) is 5.56 Å². The number of ether oxygens (including phenoxy) is 1. The molecule has 0 radical (unpaired) electrons. The van der Waals surface area contributed by atoms with E-state index in [1.165, 1.54) is 19.2 Å². The van der Waals surface area contributed by atoms with E-state index >= 15 is 0 Å². The predicted octanol–water partition coefficient (Wildman–Crippen LogP) is 3.17. The van der Waals surface area contributed by atoms with E-state index in [4.69, 9.17) is 16.3 Å². The van der Waals surface area contributed by atoms with E-state index in [2.05, 4.69) is 10.6 Å². The zero-order chi connectivity index (χ0) is 20.9. The Balaban J connectivity index is 2.08. The van der Waals surface area contributed by atoms with E-state index in [1.54, 1.807) is 44.2 Å². The number of aryl methyl sites for hydroxylation is 1. The van der Waals surface area contributed by atoms with Gasteiger partial charge < -0.3 is 15.4 Å². The zero-order valence-corrected chi connectivity index (χ0v) is 16.4. The van der Waals surface area contributed by atoms with Crippen molar-refractivity contribution in [3.63, 3.8) is 0 Å². The van der Waals surface area contributed by atoms with Gasteiger partial charge in [0.2, 0.25) is 0 Å². The lowest BCUT2D eigenvalue weighted by Gasteiger charge is -2.29. The third-order valence-electron chi connectivity index (χ3n) is 4.28. The largest absolute Gasteiger partial charge is 0.372 e. The molecule has 2 rings (SSSR count). The lowest BCUT2D eigenvalue weighted by Crippen LogP contribution is -2.44. The lowest BCUT2D eigenvalue weighted by molar-refractivity contribution is -0.384. The van der Waals surface area contributed by atoms with Crippen LogP contribution in [0.25, 0.3) is 0 Å². The number of nitrogens with one attached hydrogen (secondary N) is 2. The summed E-state index contributed by atoms with van der Waals surface area (Å²) in [6.45, 7) is 3.42. The quantitative estimate of drug-likeness (QED) is 0.435. The summed E-state index contributed by atoms with van der Waals surface area (Å²) < 4.78 is 5.50. The summed E-state index contributed by atoms with van der Waals surface area (Å²) in [7, 11) is 1.47. The molecule has 2 aromatic rings. The first-order chi connectivity index (χ1) is 13.2. The van der Waals surface area contributed by atoms with Gasteiger partial charge in [-0.3, -0.25) is 19.7 Å². The number of benzene rings is 2. The van der Waals surface area contributed by atoms with Crippen LogP contribution in [0.3, 0.4) is 0 Å². The van der Waals surface area contributed by atoms with Crippen molar-refractivity contribution in [2.24, 2.45) is 0 Å². The molecular weight excluding hydrogens is 386 g/mol. The first-order valence-corrected chi connectivity index (χ1v) is 8.69. The molecule has 0 bridgehead atoms. The maximum atomic E-state index is 12.2. The number of nitro groups is 1. The SMILES string of the molecule is COC(C)(CNC(=O)C(=O)Nc1ccc(C)cc1[N+](=O)[O-])c1cccc(Cl)c1. The van der Waals surface area contributed by atoms with Gasteiger partial charge in [0.15, 0.2) is 0 Å². The van der Waals surface area contributed by atoms with Crippen LogP contribution in [0.15, 0.2) is 42.5 Å². The van der Waals surface area contributed by atoms with Crippen molar-refractivity contribution in [3.05, 3.63) is 68.7 Å². The Morgan fingerprint density at radius 1 is 1.21 bits per heavy atom. The smallest absolute Gasteiger partial charge is 0.313 e. The third kappa shape index (κ3) is 5.05. The minimum Gasteiger partial charge on any atom is -0.372 e. The molecule has 8 nitrogen and oxygen atoms in total. The van der Waals surface area contributed by atoms with Crippen LogP contribution in [0.2, 0.25) is 5.02 Å². The number of hydrogen-bond donors (Lipinski definition) is 2. The van der Waals surface area contributed by atoms with Gasteiger partial charge in [0, 0.05) is 18.2 Å². The van der Waals surface area contributed by atoms with Crippen LogP contribution in [0.4, 0.5) is 11.4 Å². The lowest BCUT2D eigenvalue weighted by atomic mass is 9.95. The molecule has 2 amide bonds. The predicted molar refractivity (Wildman–Crippen MR) is 105 cm³/mol. The number of carbonyl (C=O) groups is 2. The monoisotopic (exact) mass is 405 g/mol. The molecule has 0 aliphatic heterocycles. The van der Waals surface area contributed by atoms with Crippen LogP contribution in [0.5, 0.6) is 0 Å². The molecular formula is C19H20ClN3O5. The van der Waals surface area contributed by atoms with Gasteiger partial charge in [-0.2, -0.15) is 0 Å². The minimum absolute atomic E-state index is 0.00785. The highest BCUT2D eigenvalue weighted by atomic mass is 35.5. The summed E-state index contributed by atoms with van der Waals surface area (Å²) >= 11 is 6.00. The molecule has 2 N–H and O–H groups in total. The molecule has 0 fully saturated rings. The van der Waals surface area contributed by atoms with Crippen molar-refractivity contribution >= 4 is 34.8 Å². The summed E-state index contributed by atoms with van der Waals surface area (Å²) in [6.07, 6.45) is 0. The van der Waals surface area contributed by atoms with E-state index < -0.39 is 22.3 Å². The number of hydrogen-bond acceptors (Lipinski definition) is 5. The minimum atomic E-state index is -1.02. The average molecular weight is 406 g/mol. The summed E-state index contributed by atoms with van der Waals surface area (Å²) in [6, 6.07) is 11.2. The van der Waals surface area contributed by atoms with Crippen molar-refractivity contribution in [2.75, 3.05) is 19.0 Å². The van der Waals surface area contributed by atoms with Gasteiger partial charge >= 0.3 is 11.8 Å². The van der Waals surface area contributed by atoms with E-state index in [1.807, 2.05) is 0 Å². The number of carbonyl (C=O) groups excluding carboxylic acids is 2. The van der Waals surface area contributed by atoms with Crippen molar-refractivity contribution in [3.8, 4) is 0 Å². The zero-order valence-electron chi connectivity index (χ0n) is 15.6. The van der Waals surface area contributed by atoms with Gasteiger partial charge in [-0.25, -0.2) is 0 Å². The molecule has 0 aliphatic rings. The summed E-state index contributed by atoms with van der Waals surface area (Å²) in [5.41, 5.74) is 0.113. The number of anilines is 1. The fourth-order valence-electron chi connectivity index (χ4n) is 2.52. The molecule has 2 aromatic carbocycles. The van der Waals surface area contributed by atoms with Crippen LogP contribution < -0.4 is 10.6 Å². The van der Waals surface area contributed by atoms with Gasteiger partial charge in [-0.05, 0) is 43.2 Å². The van der Waals surface area contributed by atoms with E-state index in [9.17, 15) is 19.7 Å². The molecule has 1 atom stereocenters.